The number of rotatable bonds is 1. The van der Waals surface area contributed by atoms with Gasteiger partial charge in [0.15, 0.2) is 0 Å². The van der Waals surface area contributed by atoms with Crippen molar-refractivity contribution in [3.63, 3.8) is 0 Å². The summed E-state index contributed by atoms with van der Waals surface area (Å²) in [5.74, 6) is 0.705. The van der Waals surface area contributed by atoms with Crippen molar-refractivity contribution in [2.45, 2.75) is 13.5 Å². The number of phenolic OH excluding ortho intramolecular Hbond substituents is 1. The van der Waals surface area contributed by atoms with E-state index in [0.29, 0.717) is 5.95 Å². The average molecular weight is 258 g/mol. The Morgan fingerprint density at radius 3 is 2.86 bits per heavy atom. The number of anilines is 1. The number of imidazole rings is 1. The molecule has 1 aromatic heterocycles. The van der Waals surface area contributed by atoms with Crippen molar-refractivity contribution in [2.24, 2.45) is 0 Å². The van der Waals surface area contributed by atoms with E-state index in [1.165, 1.54) is 0 Å². The molecule has 0 saturated heterocycles. The number of halogens is 1. The molecule has 1 heterocycles. The maximum atomic E-state index is 9.21. The second-order valence-corrected chi connectivity index (χ2v) is 2.89. The van der Waals surface area contributed by atoms with Crippen LogP contribution in [0.15, 0.2) is 18.2 Å². The molecule has 1 aromatic carbocycles. The first-order valence-electron chi connectivity index (χ1n) is 4.17. The molecule has 3 N–H and O–H groups in total. The number of hydrogen-bond donors (Lipinski definition) is 2. The van der Waals surface area contributed by atoms with Crippen molar-refractivity contribution >= 4 is 34.0 Å². The van der Waals surface area contributed by atoms with Gasteiger partial charge in [0.05, 0.1) is 11.0 Å². The topological polar surface area (TPSA) is 64.1 Å². The molecule has 0 saturated carbocycles. The van der Waals surface area contributed by atoms with Crippen LogP contribution in [-0.2, 0) is 6.54 Å². The SMILES string of the molecule is Br.CCn1c(N)nc2cc(O)ccc21. The number of nitrogens with two attached hydrogens (primary N) is 1. The number of aryl methyl sites for hydroxylation is 1. The predicted molar refractivity (Wildman–Crippen MR) is 61.8 cm³/mol. The lowest BCUT2D eigenvalue weighted by molar-refractivity contribution is 0.476. The summed E-state index contributed by atoms with van der Waals surface area (Å²) in [4.78, 5) is 4.13. The van der Waals surface area contributed by atoms with Crippen LogP contribution in [0.1, 0.15) is 6.92 Å². The normalized spacial score (nSPS) is 10.1. The molecule has 76 valence electrons. The third-order valence-electron chi connectivity index (χ3n) is 2.08. The first-order valence-corrected chi connectivity index (χ1v) is 4.17. The summed E-state index contributed by atoms with van der Waals surface area (Å²) in [5.41, 5.74) is 7.38. The Morgan fingerprint density at radius 1 is 1.50 bits per heavy atom. The summed E-state index contributed by atoms with van der Waals surface area (Å²) in [6.45, 7) is 2.79. The van der Waals surface area contributed by atoms with E-state index in [9.17, 15) is 5.11 Å². The second kappa shape index (κ2) is 3.88. The first kappa shape index (κ1) is 10.8. The van der Waals surface area contributed by atoms with Crippen LogP contribution < -0.4 is 5.73 Å². The molecule has 0 radical (unpaired) electrons. The maximum absolute atomic E-state index is 9.21. The molecule has 0 atom stereocenters. The molecule has 0 fully saturated rings. The van der Waals surface area contributed by atoms with E-state index in [1.54, 1.807) is 12.1 Å². The van der Waals surface area contributed by atoms with E-state index < -0.39 is 0 Å². The minimum absolute atomic E-state index is 0. The Kier molecular flexibility index (Phi) is 3.00. The van der Waals surface area contributed by atoms with Gasteiger partial charge in [-0.25, -0.2) is 4.98 Å². The van der Waals surface area contributed by atoms with Gasteiger partial charge in [0.2, 0.25) is 5.95 Å². The zero-order valence-electron chi connectivity index (χ0n) is 7.77. The van der Waals surface area contributed by atoms with Crippen molar-refractivity contribution in [3.8, 4) is 5.75 Å². The van der Waals surface area contributed by atoms with Crippen molar-refractivity contribution in [1.82, 2.24) is 9.55 Å². The smallest absolute Gasteiger partial charge is 0.201 e. The lowest BCUT2D eigenvalue weighted by Crippen LogP contribution is -2.00. The second-order valence-electron chi connectivity index (χ2n) is 2.89. The number of aromatic hydroxyl groups is 1. The molecule has 5 heteroatoms. The fraction of sp³-hybridized carbons (Fsp3) is 0.222. The Labute approximate surface area is 92.1 Å². The van der Waals surface area contributed by atoms with Gasteiger partial charge in [-0.3, -0.25) is 0 Å². The highest BCUT2D eigenvalue weighted by molar-refractivity contribution is 8.93. The van der Waals surface area contributed by atoms with Crippen LogP contribution in [0.4, 0.5) is 5.95 Å². The van der Waals surface area contributed by atoms with Crippen LogP contribution in [0.3, 0.4) is 0 Å². The molecule has 0 spiro atoms. The molecule has 14 heavy (non-hydrogen) atoms. The number of aromatic nitrogens is 2. The number of nitrogens with zero attached hydrogens (tertiary/aromatic N) is 2. The van der Waals surface area contributed by atoms with Gasteiger partial charge in [0, 0.05) is 12.6 Å². The molecule has 0 aliphatic rings. The molecule has 0 bridgehead atoms. The summed E-state index contributed by atoms with van der Waals surface area (Å²) in [7, 11) is 0. The van der Waals surface area contributed by atoms with Gasteiger partial charge in [-0.1, -0.05) is 0 Å². The monoisotopic (exact) mass is 257 g/mol. The van der Waals surface area contributed by atoms with Gasteiger partial charge in [-0.05, 0) is 19.1 Å². The Balaban J connectivity index is 0.000000980. The van der Waals surface area contributed by atoms with Crippen molar-refractivity contribution in [3.05, 3.63) is 18.2 Å². The third kappa shape index (κ3) is 1.55. The number of hydrogen-bond acceptors (Lipinski definition) is 3. The van der Waals surface area contributed by atoms with E-state index >= 15 is 0 Å². The first-order chi connectivity index (χ1) is 6.22. The zero-order chi connectivity index (χ0) is 9.42. The van der Waals surface area contributed by atoms with Crippen LogP contribution in [0, 0.1) is 0 Å². The highest BCUT2D eigenvalue weighted by atomic mass is 79.9. The van der Waals surface area contributed by atoms with Crippen LogP contribution in [0.5, 0.6) is 5.75 Å². The molecule has 2 rings (SSSR count). The summed E-state index contributed by atoms with van der Waals surface area (Å²) in [5, 5.41) is 9.21. The summed E-state index contributed by atoms with van der Waals surface area (Å²) < 4.78 is 1.90. The number of fused-ring (bicyclic) bond motifs is 1. The minimum atomic E-state index is 0. The van der Waals surface area contributed by atoms with E-state index in [2.05, 4.69) is 4.98 Å². The Hall–Kier alpha value is -1.23. The number of phenols is 1. The van der Waals surface area contributed by atoms with Gasteiger partial charge < -0.3 is 15.4 Å². The molecule has 0 aliphatic carbocycles. The molecular weight excluding hydrogens is 246 g/mol. The van der Waals surface area contributed by atoms with E-state index in [1.807, 2.05) is 17.6 Å². The minimum Gasteiger partial charge on any atom is -0.508 e. The fourth-order valence-electron chi connectivity index (χ4n) is 1.47. The van der Waals surface area contributed by atoms with Crippen LogP contribution in [0.25, 0.3) is 11.0 Å². The summed E-state index contributed by atoms with van der Waals surface area (Å²) in [6, 6.07) is 5.06. The third-order valence-corrected chi connectivity index (χ3v) is 2.08. The summed E-state index contributed by atoms with van der Waals surface area (Å²) in [6.07, 6.45) is 0. The predicted octanol–water partition coefficient (Wildman–Crippen LogP) is 1.92. The molecule has 0 unspecified atom stereocenters. The largest absolute Gasteiger partial charge is 0.508 e. The van der Waals surface area contributed by atoms with Gasteiger partial charge in [0.1, 0.15) is 5.75 Å². The van der Waals surface area contributed by atoms with E-state index in [0.717, 1.165) is 17.6 Å². The van der Waals surface area contributed by atoms with Gasteiger partial charge in [-0.15, -0.1) is 17.0 Å². The Morgan fingerprint density at radius 2 is 2.21 bits per heavy atom. The highest BCUT2D eigenvalue weighted by Gasteiger charge is 2.05. The van der Waals surface area contributed by atoms with Crippen LogP contribution in [0.2, 0.25) is 0 Å². The average Bonchev–Trinajstić information content (AvgIpc) is 2.39. The van der Waals surface area contributed by atoms with Gasteiger partial charge in [0.25, 0.3) is 0 Å². The lowest BCUT2D eigenvalue weighted by atomic mass is 10.3. The standard InChI is InChI=1S/C9H11N3O.BrH/c1-2-12-8-4-3-6(13)5-7(8)11-9(12)10;/h3-5,13H,2H2,1H3,(H2,10,11);1H. The highest BCUT2D eigenvalue weighted by Crippen LogP contribution is 2.21. The lowest BCUT2D eigenvalue weighted by Gasteiger charge is -2.00. The van der Waals surface area contributed by atoms with Crippen molar-refractivity contribution in [2.75, 3.05) is 5.73 Å². The fourth-order valence-corrected chi connectivity index (χ4v) is 1.47. The van der Waals surface area contributed by atoms with Crippen molar-refractivity contribution < 1.29 is 5.11 Å². The Bertz CT molecular complexity index is 452. The van der Waals surface area contributed by atoms with Gasteiger partial charge in [-0.2, -0.15) is 0 Å². The molecule has 0 amide bonds. The van der Waals surface area contributed by atoms with E-state index in [-0.39, 0.29) is 22.7 Å². The zero-order valence-corrected chi connectivity index (χ0v) is 9.48. The van der Waals surface area contributed by atoms with Crippen LogP contribution >= 0.6 is 17.0 Å². The molecular formula is C9H12BrN3O. The maximum Gasteiger partial charge on any atom is 0.201 e. The number of benzene rings is 1. The summed E-state index contributed by atoms with van der Waals surface area (Å²) >= 11 is 0. The van der Waals surface area contributed by atoms with Crippen molar-refractivity contribution in [1.29, 1.82) is 0 Å². The van der Waals surface area contributed by atoms with Gasteiger partial charge >= 0.3 is 0 Å². The number of nitrogen functional groups attached to an aromatic ring is 1. The molecule has 2 aromatic rings. The molecule has 4 nitrogen and oxygen atoms in total. The quantitative estimate of drug-likeness (QED) is 0.821. The molecule has 0 aliphatic heterocycles. The van der Waals surface area contributed by atoms with Crippen LogP contribution in [-0.4, -0.2) is 14.7 Å². The van der Waals surface area contributed by atoms with E-state index in [4.69, 9.17) is 5.73 Å².